The first-order valence-electron chi connectivity index (χ1n) is 3.92. The zero-order chi connectivity index (χ0) is 9.68. The molecule has 0 saturated heterocycles. The monoisotopic (exact) mass is 177 g/mol. The highest BCUT2D eigenvalue weighted by Gasteiger charge is 2.04. The molecule has 1 aromatic carbocycles. The number of hydrogen-bond acceptors (Lipinski definition) is 2. The number of primary amides is 1. The highest BCUT2D eigenvalue weighted by atomic mass is 16.2. The molecule has 0 bridgehead atoms. The van der Waals surface area contributed by atoms with E-state index in [-0.39, 0.29) is 0 Å². The molecular weight excluding hydrogens is 166 g/mol. The van der Waals surface area contributed by atoms with Crippen LogP contribution in [0.2, 0.25) is 0 Å². The Bertz CT molecular complexity index is 331. The van der Waals surface area contributed by atoms with E-state index in [0.717, 1.165) is 11.8 Å². The minimum absolute atomic E-state index is 0.443. The fourth-order valence-corrected chi connectivity index (χ4v) is 1.12. The number of rotatable bonds is 3. The van der Waals surface area contributed by atoms with Crippen molar-refractivity contribution in [1.82, 2.24) is 0 Å². The van der Waals surface area contributed by atoms with Gasteiger partial charge in [0, 0.05) is 5.56 Å². The molecule has 0 fully saturated rings. The lowest BCUT2D eigenvalue weighted by Crippen LogP contribution is -2.13. The van der Waals surface area contributed by atoms with Crippen LogP contribution in [-0.4, -0.2) is 11.0 Å². The molecule has 0 unspecified atom stereocenters. The smallest absolute Gasteiger partial charge is 0.248 e. The van der Waals surface area contributed by atoms with Gasteiger partial charge in [0.1, 0.15) is 0 Å². The third kappa shape index (κ3) is 2.33. The maximum absolute atomic E-state index is 10.9. The normalized spacial score (nSPS) is 10.5. The number of benzene rings is 1. The Morgan fingerprint density at radius 1 is 1.46 bits per heavy atom. The van der Waals surface area contributed by atoms with Crippen molar-refractivity contribution in [3.8, 4) is 0 Å². The third-order valence-corrected chi connectivity index (χ3v) is 1.73. The molecule has 68 valence electrons. The first kappa shape index (κ1) is 9.32. The summed E-state index contributed by atoms with van der Waals surface area (Å²) in [6.45, 7) is 0. The molecule has 0 spiro atoms. The van der Waals surface area contributed by atoms with Gasteiger partial charge in [0.2, 0.25) is 5.91 Å². The summed E-state index contributed by atoms with van der Waals surface area (Å²) in [5, 5.41) is 8.46. The Morgan fingerprint density at radius 3 is 2.77 bits per heavy atom. The SMILES string of the molecule is NC(=O)c1ccccc1CC=CO. The Hall–Kier alpha value is -1.77. The Balaban J connectivity index is 2.97. The van der Waals surface area contributed by atoms with Gasteiger partial charge in [-0.15, -0.1) is 0 Å². The average molecular weight is 177 g/mol. The number of nitrogens with two attached hydrogens (primary N) is 1. The van der Waals surface area contributed by atoms with Crippen molar-refractivity contribution in [2.75, 3.05) is 0 Å². The molecule has 1 amide bonds. The number of allylic oxidation sites excluding steroid dienone is 1. The molecule has 0 saturated carbocycles. The van der Waals surface area contributed by atoms with E-state index in [0.29, 0.717) is 12.0 Å². The van der Waals surface area contributed by atoms with E-state index in [1.165, 1.54) is 0 Å². The van der Waals surface area contributed by atoms with Crippen LogP contribution in [0, 0.1) is 0 Å². The summed E-state index contributed by atoms with van der Waals surface area (Å²) in [6, 6.07) is 7.06. The Morgan fingerprint density at radius 2 is 2.15 bits per heavy atom. The zero-order valence-electron chi connectivity index (χ0n) is 7.10. The summed E-state index contributed by atoms with van der Waals surface area (Å²) in [6.07, 6.45) is 3.02. The molecule has 0 aliphatic heterocycles. The summed E-state index contributed by atoms with van der Waals surface area (Å²) < 4.78 is 0. The first-order chi connectivity index (χ1) is 6.25. The van der Waals surface area contributed by atoms with Gasteiger partial charge < -0.3 is 10.8 Å². The standard InChI is InChI=1S/C10H11NO2/c11-10(13)9-6-2-1-4-8(9)5-3-7-12/h1-4,6-7,12H,5H2,(H2,11,13). The van der Waals surface area contributed by atoms with Gasteiger partial charge in [-0.25, -0.2) is 0 Å². The second-order valence-corrected chi connectivity index (χ2v) is 2.61. The maximum atomic E-state index is 10.9. The molecule has 0 heterocycles. The molecule has 0 aliphatic rings. The topological polar surface area (TPSA) is 63.3 Å². The van der Waals surface area contributed by atoms with Gasteiger partial charge in [-0.05, 0) is 24.1 Å². The van der Waals surface area contributed by atoms with Gasteiger partial charge in [0.25, 0.3) is 0 Å². The summed E-state index contributed by atoms with van der Waals surface area (Å²) in [4.78, 5) is 10.9. The molecule has 3 heteroatoms. The fourth-order valence-electron chi connectivity index (χ4n) is 1.12. The molecular formula is C10H11NO2. The fraction of sp³-hybridized carbons (Fsp3) is 0.100. The highest BCUT2D eigenvalue weighted by Crippen LogP contribution is 2.08. The number of carbonyl (C=O) groups is 1. The van der Waals surface area contributed by atoms with Gasteiger partial charge in [-0.2, -0.15) is 0 Å². The molecule has 13 heavy (non-hydrogen) atoms. The van der Waals surface area contributed by atoms with E-state index in [2.05, 4.69) is 0 Å². The van der Waals surface area contributed by atoms with Gasteiger partial charge in [0.15, 0.2) is 0 Å². The maximum Gasteiger partial charge on any atom is 0.248 e. The van der Waals surface area contributed by atoms with Gasteiger partial charge in [-0.3, -0.25) is 4.79 Å². The van der Waals surface area contributed by atoms with Crippen LogP contribution in [0.25, 0.3) is 0 Å². The van der Waals surface area contributed by atoms with E-state index >= 15 is 0 Å². The molecule has 1 rings (SSSR count). The average Bonchev–Trinajstić information content (AvgIpc) is 2.15. The summed E-state index contributed by atoms with van der Waals surface area (Å²) in [7, 11) is 0. The van der Waals surface area contributed by atoms with Gasteiger partial charge >= 0.3 is 0 Å². The predicted octanol–water partition coefficient (Wildman–Crippen LogP) is 1.40. The van der Waals surface area contributed by atoms with Crippen LogP contribution >= 0.6 is 0 Å². The van der Waals surface area contributed by atoms with Crippen molar-refractivity contribution in [2.45, 2.75) is 6.42 Å². The minimum Gasteiger partial charge on any atom is -0.516 e. The van der Waals surface area contributed by atoms with E-state index < -0.39 is 5.91 Å². The molecule has 3 N–H and O–H groups in total. The predicted molar refractivity (Wildman–Crippen MR) is 50.4 cm³/mol. The molecule has 3 nitrogen and oxygen atoms in total. The Kier molecular flexibility index (Phi) is 3.09. The zero-order valence-corrected chi connectivity index (χ0v) is 7.10. The second kappa shape index (κ2) is 4.30. The third-order valence-electron chi connectivity index (χ3n) is 1.73. The number of amides is 1. The van der Waals surface area contributed by atoms with E-state index in [4.69, 9.17) is 10.8 Å². The lowest BCUT2D eigenvalue weighted by molar-refractivity contribution is 0.0999. The summed E-state index contributed by atoms with van der Waals surface area (Å²) >= 11 is 0. The summed E-state index contributed by atoms with van der Waals surface area (Å²) in [5.74, 6) is -0.443. The van der Waals surface area contributed by atoms with E-state index in [1.54, 1.807) is 24.3 Å². The van der Waals surface area contributed by atoms with Crippen molar-refractivity contribution in [2.24, 2.45) is 5.73 Å². The summed E-state index contributed by atoms with van der Waals surface area (Å²) in [5.41, 5.74) is 6.48. The highest BCUT2D eigenvalue weighted by molar-refractivity contribution is 5.94. The van der Waals surface area contributed by atoms with Crippen LogP contribution in [0.1, 0.15) is 15.9 Å². The number of carbonyl (C=O) groups excluding carboxylic acids is 1. The number of aliphatic hydroxyl groups is 1. The van der Waals surface area contributed by atoms with Crippen LogP contribution in [-0.2, 0) is 6.42 Å². The van der Waals surface area contributed by atoms with Crippen molar-refractivity contribution in [1.29, 1.82) is 0 Å². The van der Waals surface area contributed by atoms with Crippen LogP contribution in [0.3, 0.4) is 0 Å². The van der Waals surface area contributed by atoms with Crippen LogP contribution in [0.15, 0.2) is 36.6 Å². The lowest BCUT2D eigenvalue weighted by Gasteiger charge is -2.02. The number of aliphatic hydroxyl groups excluding tert-OH is 1. The second-order valence-electron chi connectivity index (χ2n) is 2.61. The van der Waals surface area contributed by atoms with Crippen LogP contribution in [0.4, 0.5) is 0 Å². The molecule has 0 atom stereocenters. The lowest BCUT2D eigenvalue weighted by atomic mass is 10.0. The molecule has 0 aliphatic carbocycles. The van der Waals surface area contributed by atoms with Crippen molar-refractivity contribution in [3.05, 3.63) is 47.7 Å². The quantitative estimate of drug-likeness (QED) is 0.685. The molecule has 1 aromatic rings. The van der Waals surface area contributed by atoms with Crippen molar-refractivity contribution in [3.63, 3.8) is 0 Å². The van der Waals surface area contributed by atoms with Crippen LogP contribution < -0.4 is 5.73 Å². The largest absolute Gasteiger partial charge is 0.516 e. The van der Waals surface area contributed by atoms with E-state index in [9.17, 15) is 4.79 Å². The van der Waals surface area contributed by atoms with Crippen molar-refractivity contribution < 1.29 is 9.90 Å². The molecule has 0 aromatic heterocycles. The van der Waals surface area contributed by atoms with Crippen molar-refractivity contribution >= 4 is 5.91 Å². The first-order valence-corrected chi connectivity index (χ1v) is 3.92. The van der Waals surface area contributed by atoms with Crippen LogP contribution in [0.5, 0.6) is 0 Å². The minimum atomic E-state index is -0.443. The Labute approximate surface area is 76.5 Å². The number of hydrogen-bond donors (Lipinski definition) is 2. The van der Waals surface area contributed by atoms with Gasteiger partial charge in [0.05, 0.1) is 6.26 Å². The van der Waals surface area contributed by atoms with E-state index in [1.807, 2.05) is 6.07 Å². The van der Waals surface area contributed by atoms with Gasteiger partial charge in [-0.1, -0.05) is 18.2 Å². The molecule has 0 radical (unpaired) electrons.